The van der Waals surface area contributed by atoms with Crippen molar-refractivity contribution in [1.82, 2.24) is 4.90 Å². The average Bonchev–Trinajstić information content (AvgIpc) is 2.53. The maximum absolute atomic E-state index is 11.6. The normalized spacial score (nSPS) is 21.9. The monoisotopic (exact) mass is 245 g/mol. The van der Waals surface area contributed by atoms with Crippen LogP contribution in [-0.4, -0.2) is 41.9 Å². The topological polar surface area (TPSA) is 29.5 Å². The minimum atomic E-state index is -0.0807. The first kappa shape index (κ1) is 13.8. The van der Waals surface area contributed by atoms with E-state index in [1.54, 1.807) is 0 Å². The fraction of sp³-hybridized carbons (Fsp3) is 0.917. The average molecular weight is 245 g/mol. The number of hydrogen-bond acceptors (Lipinski definition) is 3. The zero-order chi connectivity index (χ0) is 12.2. The van der Waals surface area contributed by atoms with Crippen molar-refractivity contribution in [3.8, 4) is 0 Å². The van der Waals surface area contributed by atoms with E-state index in [9.17, 15) is 4.79 Å². The zero-order valence-corrected chi connectivity index (χ0v) is 11.4. The molecule has 16 heavy (non-hydrogen) atoms. The minimum Gasteiger partial charge on any atom is -0.376 e. The summed E-state index contributed by atoms with van der Waals surface area (Å²) < 4.78 is 5.62. The molecule has 1 rings (SSSR count). The fourth-order valence-corrected chi connectivity index (χ4v) is 2.07. The Morgan fingerprint density at radius 2 is 2.19 bits per heavy atom. The van der Waals surface area contributed by atoms with Gasteiger partial charge in [-0.05, 0) is 38.9 Å². The van der Waals surface area contributed by atoms with Crippen LogP contribution >= 0.6 is 12.6 Å². The Labute approximate surface area is 104 Å². The lowest BCUT2D eigenvalue weighted by Gasteiger charge is -2.21. The number of amides is 1. The molecule has 0 aromatic heterocycles. The lowest BCUT2D eigenvalue weighted by molar-refractivity contribution is -0.128. The Hall–Kier alpha value is -0.220. The molecule has 1 fully saturated rings. The summed E-state index contributed by atoms with van der Waals surface area (Å²) >= 11 is 4.24. The number of hydrogen-bond donors (Lipinski definition) is 1. The maximum atomic E-state index is 11.6. The summed E-state index contributed by atoms with van der Waals surface area (Å²) in [5.41, 5.74) is -0.0807. The van der Waals surface area contributed by atoms with Crippen molar-refractivity contribution in [3.63, 3.8) is 0 Å². The molecular weight excluding hydrogens is 222 g/mol. The first-order chi connectivity index (χ1) is 7.42. The van der Waals surface area contributed by atoms with Gasteiger partial charge < -0.3 is 9.64 Å². The van der Waals surface area contributed by atoms with Gasteiger partial charge in [-0.2, -0.15) is 12.6 Å². The lowest BCUT2D eigenvalue weighted by Crippen LogP contribution is -2.28. The molecule has 94 valence electrons. The number of thiol groups is 1. The van der Waals surface area contributed by atoms with Gasteiger partial charge in [0.05, 0.1) is 5.60 Å². The van der Waals surface area contributed by atoms with Gasteiger partial charge in [-0.1, -0.05) is 0 Å². The molecule has 4 heteroatoms. The SMILES string of the molecule is CC(C)(C)OCCCN1CC(CS)CC1=O. The molecule has 1 saturated heterocycles. The summed E-state index contributed by atoms with van der Waals surface area (Å²) in [5, 5.41) is 0. The van der Waals surface area contributed by atoms with Crippen molar-refractivity contribution in [1.29, 1.82) is 0 Å². The predicted octanol–water partition coefficient (Wildman–Crippen LogP) is 1.97. The molecule has 3 nitrogen and oxygen atoms in total. The fourth-order valence-electron chi connectivity index (χ4n) is 1.83. The van der Waals surface area contributed by atoms with Crippen molar-refractivity contribution in [3.05, 3.63) is 0 Å². The van der Waals surface area contributed by atoms with Crippen LogP contribution in [0.3, 0.4) is 0 Å². The lowest BCUT2D eigenvalue weighted by atomic mass is 10.1. The van der Waals surface area contributed by atoms with E-state index in [2.05, 4.69) is 12.6 Å². The van der Waals surface area contributed by atoms with Gasteiger partial charge in [0.15, 0.2) is 0 Å². The van der Waals surface area contributed by atoms with Crippen LogP contribution in [0.25, 0.3) is 0 Å². The molecule has 1 aliphatic heterocycles. The predicted molar refractivity (Wildman–Crippen MR) is 68.9 cm³/mol. The Morgan fingerprint density at radius 1 is 1.50 bits per heavy atom. The summed E-state index contributed by atoms with van der Waals surface area (Å²) in [4.78, 5) is 13.5. The van der Waals surface area contributed by atoms with Gasteiger partial charge in [0.1, 0.15) is 0 Å². The molecule has 0 saturated carbocycles. The number of nitrogens with zero attached hydrogens (tertiary/aromatic N) is 1. The van der Waals surface area contributed by atoms with Gasteiger partial charge in [0, 0.05) is 26.1 Å². The molecule has 0 aromatic carbocycles. The van der Waals surface area contributed by atoms with Crippen LogP contribution in [0.2, 0.25) is 0 Å². The highest BCUT2D eigenvalue weighted by Crippen LogP contribution is 2.19. The third kappa shape index (κ3) is 4.74. The summed E-state index contributed by atoms with van der Waals surface area (Å²) in [5.74, 6) is 1.52. The molecule has 0 radical (unpaired) electrons. The van der Waals surface area contributed by atoms with Crippen molar-refractivity contribution in [2.45, 2.75) is 39.2 Å². The number of carbonyl (C=O) groups excluding carboxylic acids is 1. The molecule has 0 N–H and O–H groups in total. The van der Waals surface area contributed by atoms with E-state index in [1.807, 2.05) is 25.7 Å². The van der Waals surface area contributed by atoms with Crippen LogP contribution < -0.4 is 0 Å². The van der Waals surface area contributed by atoms with Crippen LogP contribution in [-0.2, 0) is 9.53 Å². The third-order valence-electron chi connectivity index (χ3n) is 2.66. The molecule has 0 bridgehead atoms. The number of ether oxygens (including phenoxy) is 1. The van der Waals surface area contributed by atoms with E-state index >= 15 is 0 Å². The van der Waals surface area contributed by atoms with Crippen molar-refractivity contribution >= 4 is 18.5 Å². The quantitative estimate of drug-likeness (QED) is 0.593. The van der Waals surface area contributed by atoms with Crippen molar-refractivity contribution in [2.24, 2.45) is 5.92 Å². The molecule has 1 atom stereocenters. The van der Waals surface area contributed by atoms with Crippen LogP contribution in [0.15, 0.2) is 0 Å². The molecule has 1 unspecified atom stereocenters. The Kier molecular flexibility index (Phi) is 5.12. The van der Waals surface area contributed by atoms with Crippen LogP contribution in [0.4, 0.5) is 0 Å². The van der Waals surface area contributed by atoms with Crippen LogP contribution in [0.5, 0.6) is 0 Å². The second-order valence-corrected chi connectivity index (χ2v) is 5.77. The first-order valence-corrected chi connectivity index (χ1v) is 6.58. The summed E-state index contributed by atoms with van der Waals surface area (Å²) in [6.45, 7) is 8.55. The van der Waals surface area contributed by atoms with Gasteiger partial charge in [-0.25, -0.2) is 0 Å². The molecule has 1 amide bonds. The highest BCUT2D eigenvalue weighted by molar-refractivity contribution is 7.80. The summed E-state index contributed by atoms with van der Waals surface area (Å²) in [7, 11) is 0. The molecule has 0 aliphatic carbocycles. The van der Waals surface area contributed by atoms with Gasteiger partial charge >= 0.3 is 0 Å². The van der Waals surface area contributed by atoms with E-state index in [-0.39, 0.29) is 11.5 Å². The zero-order valence-electron chi connectivity index (χ0n) is 10.5. The molecule has 1 aliphatic rings. The Bertz CT molecular complexity index is 238. The highest BCUT2D eigenvalue weighted by atomic mass is 32.1. The van der Waals surface area contributed by atoms with E-state index in [4.69, 9.17) is 4.74 Å². The second kappa shape index (κ2) is 5.92. The van der Waals surface area contributed by atoms with E-state index < -0.39 is 0 Å². The van der Waals surface area contributed by atoms with Gasteiger partial charge in [-0.15, -0.1) is 0 Å². The molecule has 1 heterocycles. The Morgan fingerprint density at radius 3 is 2.69 bits per heavy atom. The highest BCUT2D eigenvalue weighted by Gasteiger charge is 2.27. The van der Waals surface area contributed by atoms with Crippen molar-refractivity contribution in [2.75, 3.05) is 25.4 Å². The van der Waals surface area contributed by atoms with Crippen LogP contribution in [0, 0.1) is 5.92 Å². The van der Waals surface area contributed by atoms with E-state index in [1.165, 1.54) is 0 Å². The van der Waals surface area contributed by atoms with E-state index in [0.29, 0.717) is 12.3 Å². The maximum Gasteiger partial charge on any atom is 0.222 e. The summed E-state index contributed by atoms with van der Waals surface area (Å²) in [6.07, 6.45) is 1.59. The van der Waals surface area contributed by atoms with Crippen LogP contribution in [0.1, 0.15) is 33.6 Å². The molecular formula is C12H23NO2S. The third-order valence-corrected chi connectivity index (χ3v) is 3.18. The molecule has 0 spiro atoms. The van der Waals surface area contributed by atoms with Crippen molar-refractivity contribution < 1.29 is 9.53 Å². The number of likely N-dealkylation sites (tertiary alicyclic amines) is 1. The number of carbonyl (C=O) groups is 1. The number of rotatable bonds is 5. The smallest absolute Gasteiger partial charge is 0.222 e. The van der Waals surface area contributed by atoms with Gasteiger partial charge in [-0.3, -0.25) is 4.79 Å². The Balaban J connectivity index is 2.16. The second-order valence-electron chi connectivity index (χ2n) is 5.41. The minimum absolute atomic E-state index is 0.0807. The summed E-state index contributed by atoms with van der Waals surface area (Å²) in [6, 6.07) is 0. The van der Waals surface area contributed by atoms with Gasteiger partial charge in [0.25, 0.3) is 0 Å². The molecule has 0 aromatic rings. The van der Waals surface area contributed by atoms with E-state index in [0.717, 1.165) is 31.9 Å². The largest absolute Gasteiger partial charge is 0.376 e. The standard InChI is InChI=1S/C12H23NO2S/c1-12(2,3)15-6-4-5-13-8-10(9-16)7-11(13)14/h10,16H,4-9H2,1-3H3. The van der Waals surface area contributed by atoms with Gasteiger partial charge in [0.2, 0.25) is 5.91 Å². The first-order valence-electron chi connectivity index (χ1n) is 5.95.